The van der Waals surface area contributed by atoms with Crippen LogP contribution in [0.15, 0.2) is 18.6 Å². The Kier molecular flexibility index (Phi) is 5.77. The largest absolute Gasteiger partial charge is 0.378 e. The number of rotatable bonds is 9. The van der Waals surface area contributed by atoms with Crippen LogP contribution in [-0.4, -0.2) is 66.2 Å². The van der Waals surface area contributed by atoms with Crippen LogP contribution >= 0.6 is 0 Å². The number of likely N-dealkylation sites (N-methyl/N-ethyl adjacent to an activating group) is 1. The molecule has 7 heteroatoms. The first-order valence-corrected chi connectivity index (χ1v) is 7.24. The molecular formula is C14H24N6O. The van der Waals surface area contributed by atoms with Gasteiger partial charge < -0.3 is 24.7 Å². The average Bonchev–Trinajstić information content (AvgIpc) is 2.91. The number of nitrogens with zero attached hydrogens (tertiary/aromatic N) is 4. The third kappa shape index (κ3) is 4.57. The predicted molar refractivity (Wildman–Crippen MR) is 85.0 cm³/mol. The molecule has 0 atom stereocenters. The Morgan fingerprint density at radius 2 is 2.14 bits per heavy atom. The van der Waals surface area contributed by atoms with Crippen LogP contribution in [0.4, 0.5) is 11.6 Å². The molecule has 7 nitrogen and oxygen atoms in total. The van der Waals surface area contributed by atoms with E-state index in [4.69, 9.17) is 4.74 Å². The lowest BCUT2D eigenvalue weighted by Gasteiger charge is -2.12. The second-order valence-electron chi connectivity index (χ2n) is 5.01. The Labute approximate surface area is 125 Å². The van der Waals surface area contributed by atoms with Gasteiger partial charge in [0.25, 0.3) is 0 Å². The fraction of sp³-hybridized carbons (Fsp3) is 0.571. The summed E-state index contributed by atoms with van der Waals surface area (Å²) < 4.78 is 7.52. The Morgan fingerprint density at radius 3 is 2.90 bits per heavy atom. The summed E-state index contributed by atoms with van der Waals surface area (Å²) in [6.45, 7) is 5.90. The van der Waals surface area contributed by atoms with Crippen LogP contribution in [0, 0.1) is 0 Å². The number of anilines is 2. The fourth-order valence-corrected chi connectivity index (χ4v) is 1.91. The molecule has 0 aliphatic heterocycles. The molecular weight excluding hydrogens is 268 g/mol. The molecule has 0 amide bonds. The SMILES string of the molecule is CCNc1cn2ccnc2c(NCCOCCN(C)C)n1. The summed E-state index contributed by atoms with van der Waals surface area (Å²) >= 11 is 0. The fourth-order valence-electron chi connectivity index (χ4n) is 1.91. The van der Waals surface area contributed by atoms with Gasteiger partial charge in [-0.05, 0) is 21.0 Å². The first kappa shape index (κ1) is 15.5. The molecule has 0 unspecified atom stereocenters. The van der Waals surface area contributed by atoms with Crippen LogP contribution in [0.25, 0.3) is 5.65 Å². The Bertz CT molecular complexity index is 553. The van der Waals surface area contributed by atoms with E-state index in [9.17, 15) is 0 Å². The molecule has 21 heavy (non-hydrogen) atoms. The van der Waals surface area contributed by atoms with Crippen molar-refractivity contribution in [2.75, 3.05) is 57.6 Å². The molecule has 0 fully saturated rings. The highest BCUT2D eigenvalue weighted by Crippen LogP contribution is 2.15. The Balaban J connectivity index is 1.89. The number of fused-ring (bicyclic) bond motifs is 1. The van der Waals surface area contributed by atoms with Gasteiger partial charge in [-0.3, -0.25) is 0 Å². The van der Waals surface area contributed by atoms with Crippen molar-refractivity contribution in [3.8, 4) is 0 Å². The predicted octanol–water partition coefficient (Wildman–Crippen LogP) is 1.15. The zero-order chi connectivity index (χ0) is 15.1. The second-order valence-corrected chi connectivity index (χ2v) is 5.01. The van der Waals surface area contributed by atoms with Crippen molar-refractivity contribution in [1.29, 1.82) is 0 Å². The minimum Gasteiger partial charge on any atom is -0.378 e. The molecule has 0 bridgehead atoms. The van der Waals surface area contributed by atoms with E-state index >= 15 is 0 Å². The number of hydrogen-bond donors (Lipinski definition) is 2. The van der Waals surface area contributed by atoms with Gasteiger partial charge in [-0.2, -0.15) is 0 Å². The van der Waals surface area contributed by atoms with Crippen LogP contribution in [0.2, 0.25) is 0 Å². The Hall–Kier alpha value is -1.86. The standard InChI is InChI=1S/C14H24N6O/c1-4-15-12-11-20-7-5-17-14(20)13(18-12)16-6-9-21-10-8-19(2)3/h5,7,11,15H,4,6,8-10H2,1-3H3,(H,16,18). The lowest BCUT2D eigenvalue weighted by Crippen LogP contribution is -2.20. The van der Waals surface area contributed by atoms with Gasteiger partial charge in [0.15, 0.2) is 11.5 Å². The summed E-state index contributed by atoms with van der Waals surface area (Å²) in [6.07, 6.45) is 5.62. The number of aromatic nitrogens is 3. The van der Waals surface area contributed by atoms with Crippen molar-refractivity contribution in [2.45, 2.75) is 6.92 Å². The normalized spacial score (nSPS) is 11.2. The van der Waals surface area contributed by atoms with E-state index in [-0.39, 0.29) is 0 Å². The minimum absolute atomic E-state index is 0.647. The smallest absolute Gasteiger partial charge is 0.180 e. The van der Waals surface area contributed by atoms with Crippen molar-refractivity contribution in [3.63, 3.8) is 0 Å². The number of nitrogens with one attached hydrogen (secondary N) is 2. The van der Waals surface area contributed by atoms with Crippen LogP contribution in [-0.2, 0) is 4.74 Å². The zero-order valence-corrected chi connectivity index (χ0v) is 13.0. The van der Waals surface area contributed by atoms with Crippen LogP contribution in [0.1, 0.15) is 6.92 Å². The van der Waals surface area contributed by atoms with E-state index in [1.54, 1.807) is 6.20 Å². The van der Waals surface area contributed by atoms with E-state index in [0.29, 0.717) is 13.2 Å². The van der Waals surface area contributed by atoms with Gasteiger partial charge in [0.05, 0.1) is 19.4 Å². The summed E-state index contributed by atoms with van der Waals surface area (Å²) in [5, 5.41) is 6.50. The molecule has 2 aromatic rings. The monoisotopic (exact) mass is 292 g/mol. The van der Waals surface area contributed by atoms with Crippen molar-refractivity contribution >= 4 is 17.3 Å². The molecule has 0 aliphatic rings. The first-order valence-electron chi connectivity index (χ1n) is 7.24. The van der Waals surface area contributed by atoms with E-state index < -0.39 is 0 Å². The van der Waals surface area contributed by atoms with Crippen LogP contribution < -0.4 is 10.6 Å². The molecule has 2 heterocycles. The van der Waals surface area contributed by atoms with Crippen LogP contribution in [0.5, 0.6) is 0 Å². The van der Waals surface area contributed by atoms with Crippen LogP contribution in [0.3, 0.4) is 0 Å². The van der Waals surface area contributed by atoms with Crippen molar-refractivity contribution in [3.05, 3.63) is 18.6 Å². The average molecular weight is 292 g/mol. The summed E-state index contributed by atoms with van der Waals surface area (Å²) in [7, 11) is 4.07. The second kappa shape index (κ2) is 7.80. The zero-order valence-electron chi connectivity index (χ0n) is 13.0. The number of ether oxygens (including phenoxy) is 1. The third-order valence-corrected chi connectivity index (χ3v) is 2.95. The maximum absolute atomic E-state index is 5.56. The highest BCUT2D eigenvalue weighted by atomic mass is 16.5. The van der Waals surface area contributed by atoms with Gasteiger partial charge in [-0.1, -0.05) is 0 Å². The van der Waals surface area contributed by atoms with Crippen molar-refractivity contribution < 1.29 is 4.74 Å². The number of hydrogen-bond acceptors (Lipinski definition) is 6. The van der Waals surface area contributed by atoms with E-state index in [1.807, 2.05) is 37.8 Å². The van der Waals surface area contributed by atoms with E-state index in [1.165, 1.54) is 0 Å². The molecule has 0 saturated heterocycles. The molecule has 2 N–H and O–H groups in total. The maximum Gasteiger partial charge on any atom is 0.180 e. The molecule has 116 valence electrons. The van der Waals surface area contributed by atoms with E-state index in [2.05, 4.69) is 25.5 Å². The number of imidazole rings is 1. The summed E-state index contributed by atoms with van der Waals surface area (Å²) in [5.74, 6) is 1.61. The maximum atomic E-state index is 5.56. The highest BCUT2D eigenvalue weighted by Gasteiger charge is 2.06. The summed E-state index contributed by atoms with van der Waals surface area (Å²) in [4.78, 5) is 11.0. The molecule has 0 aliphatic carbocycles. The van der Waals surface area contributed by atoms with Gasteiger partial charge in [-0.25, -0.2) is 9.97 Å². The van der Waals surface area contributed by atoms with Gasteiger partial charge >= 0.3 is 0 Å². The molecule has 0 saturated carbocycles. The minimum atomic E-state index is 0.647. The van der Waals surface area contributed by atoms with Gasteiger partial charge in [0.1, 0.15) is 5.82 Å². The molecule has 2 rings (SSSR count). The van der Waals surface area contributed by atoms with Gasteiger partial charge in [0, 0.05) is 32.0 Å². The lowest BCUT2D eigenvalue weighted by molar-refractivity contribution is 0.126. The topological polar surface area (TPSA) is 66.7 Å². The van der Waals surface area contributed by atoms with Gasteiger partial charge in [-0.15, -0.1) is 0 Å². The third-order valence-electron chi connectivity index (χ3n) is 2.95. The molecule has 0 spiro atoms. The quantitative estimate of drug-likeness (QED) is 0.676. The van der Waals surface area contributed by atoms with Gasteiger partial charge in [0.2, 0.25) is 0 Å². The molecule has 2 aromatic heterocycles. The van der Waals surface area contributed by atoms with Crippen molar-refractivity contribution in [2.24, 2.45) is 0 Å². The first-order chi connectivity index (χ1) is 10.2. The summed E-state index contributed by atoms with van der Waals surface area (Å²) in [6, 6.07) is 0. The van der Waals surface area contributed by atoms with Crippen molar-refractivity contribution in [1.82, 2.24) is 19.3 Å². The molecule has 0 aromatic carbocycles. The lowest BCUT2D eigenvalue weighted by atomic mass is 10.5. The van der Waals surface area contributed by atoms with E-state index in [0.717, 1.165) is 37.0 Å². The highest BCUT2D eigenvalue weighted by molar-refractivity contribution is 5.65. The Morgan fingerprint density at radius 1 is 1.29 bits per heavy atom. The molecule has 0 radical (unpaired) electrons. The summed E-state index contributed by atoms with van der Waals surface area (Å²) in [5.41, 5.74) is 0.824.